The highest BCUT2D eigenvalue weighted by atomic mass is 35.5. The molecule has 1 atom stereocenters. The molecule has 2 aromatic rings. The number of nitrogens with zero attached hydrogens (tertiary/aromatic N) is 1. The molecule has 0 saturated carbocycles. The van der Waals surface area contributed by atoms with Crippen LogP contribution in [0.1, 0.15) is 18.1 Å². The van der Waals surface area contributed by atoms with E-state index in [9.17, 15) is 13.2 Å². The molecule has 1 N–H and O–H groups in total. The SMILES string of the molecule is C=CCN1c2ccc(Cl)cc2C(c2ccccc2)=C(C(=O)NC(C)COC)S1(=O)=O. The Kier molecular flexibility index (Phi) is 6.65. The van der Waals surface area contributed by atoms with E-state index in [0.717, 1.165) is 0 Å². The smallest absolute Gasteiger partial charge is 0.270 e. The monoisotopic (exact) mass is 446 g/mol. The van der Waals surface area contributed by atoms with Gasteiger partial charge in [0.25, 0.3) is 15.9 Å². The second-order valence-corrected chi connectivity index (χ2v) is 9.12. The summed E-state index contributed by atoms with van der Waals surface area (Å²) in [6.07, 6.45) is 1.48. The number of ether oxygens (including phenoxy) is 1. The number of benzene rings is 2. The van der Waals surface area contributed by atoms with Crippen LogP contribution in [0, 0.1) is 0 Å². The number of hydrogen-bond acceptors (Lipinski definition) is 4. The normalized spacial score (nSPS) is 16.0. The molecule has 158 valence electrons. The minimum absolute atomic E-state index is 0.0173. The van der Waals surface area contributed by atoms with Gasteiger partial charge in [-0.05, 0) is 30.7 Å². The average Bonchev–Trinajstić information content (AvgIpc) is 2.70. The molecule has 0 spiro atoms. The molecule has 3 rings (SSSR count). The summed E-state index contributed by atoms with van der Waals surface area (Å²) < 4.78 is 33.5. The molecule has 30 heavy (non-hydrogen) atoms. The molecule has 1 amide bonds. The number of carbonyl (C=O) groups excluding carboxylic acids is 1. The van der Waals surface area contributed by atoms with E-state index in [1.165, 1.54) is 17.5 Å². The molecule has 0 bridgehead atoms. The van der Waals surface area contributed by atoms with Crippen molar-refractivity contribution in [3.05, 3.63) is 82.2 Å². The fourth-order valence-electron chi connectivity index (χ4n) is 3.43. The lowest BCUT2D eigenvalue weighted by atomic mass is 9.95. The van der Waals surface area contributed by atoms with E-state index < -0.39 is 15.9 Å². The molecule has 2 aromatic carbocycles. The molecule has 0 radical (unpaired) electrons. The van der Waals surface area contributed by atoms with E-state index in [2.05, 4.69) is 11.9 Å². The summed E-state index contributed by atoms with van der Waals surface area (Å²) in [7, 11) is -2.65. The largest absolute Gasteiger partial charge is 0.383 e. The molecule has 1 aliphatic heterocycles. The quantitative estimate of drug-likeness (QED) is 0.659. The number of fused-ring (bicyclic) bond motifs is 1. The van der Waals surface area contributed by atoms with Gasteiger partial charge in [-0.25, -0.2) is 8.42 Å². The van der Waals surface area contributed by atoms with Crippen molar-refractivity contribution in [2.75, 3.05) is 24.6 Å². The Morgan fingerprint density at radius 1 is 1.27 bits per heavy atom. The lowest BCUT2D eigenvalue weighted by molar-refractivity contribution is -0.117. The zero-order valence-corrected chi connectivity index (χ0v) is 18.3. The molecular weight excluding hydrogens is 424 g/mol. The third kappa shape index (κ3) is 4.14. The van der Waals surface area contributed by atoms with Gasteiger partial charge in [0.2, 0.25) is 0 Å². The lowest BCUT2D eigenvalue weighted by Gasteiger charge is -2.33. The molecule has 6 nitrogen and oxygen atoms in total. The van der Waals surface area contributed by atoms with E-state index in [4.69, 9.17) is 16.3 Å². The Labute approximate surface area is 181 Å². The van der Waals surface area contributed by atoms with Gasteiger partial charge >= 0.3 is 0 Å². The Bertz CT molecular complexity index is 1100. The second-order valence-electron chi connectivity index (χ2n) is 6.89. The Morgan fingerprint density at radius 2 is 1.97 bits per heavy atom. The van der Waals surface area contributed by atoms with E-state index in [1.54, 1.807) is 49.4 Å². The van der Waals surface area contributed by atoms with Gasteiger partial charge in [0.15, 0.2) is 4.91 Å². The van der Waals surface area contributed by atoms with Crippen LogP contribution in [-0.2, 0) is 19.6 Å². The van der Waals surface area contributed by atoms with Crippen LogP contribution in [-0.4, -0.2) is 40.6 Å². The number of sulfonamides is 1. The van der Waals surface area contributed by atoms with Crippen molar-refractivity contribution in [1.29, 1.82) is 0 Å². The van der Waals surface area contributed by atoms with Crippen LogP contribution in [0.3, 0.4) is 0 Å². The highest BCUT2D eigenvalue weighted by Crippen LogP contribution is 2.43. The Hall–Kier alpha value is -2.61. The topological polar surface area (TPSA) is 75.7 Å². The van der Waals surface area contributed by atoms with Crippen LogP contribution < -0.4 is 9.62 Å². The number of halogens is 1. The van der Waals surface area contributed by atoms with Gasteiger partial charge in [-0.1, -0.05) is 48.0 Å². The maximum atomic E-state index is 13.6. The fraction of sp³-hybridized carbons (Fsp3) is 0.227. The molecule has 1 aliphatic rings. The first kappa shape index (κ1) is 22.1. The summed E-state index contributed by atoms with van der Waals surface area (Å²) in [5.41, 5.74) is 1.93. The summed E-state index contributed by atoms with van der Waals surface area (Å²) >= 11 is 6.25. The standard InChI is InChI=1S/C22H23ClN2O4S/c1-4-12-25-19-11-10-17(23)13-18(19)20(16-8-6-5-7-9-16)21(30(25,27)28)22(26)24-15(2)14-29-3/h4-11,13,15H,1,12,14H2,2-3H3,(H,24,26). The molecule has 0 saturated heterocycles. The molecule has 0 aliphatic carbocycles. The summed E-state index contributed by atoms with van der Waals surface area (Å²) in [4.78, 5) is 12.9. The number of rotatable bonds is 7. The molecular formula is C22H23ClN2O4S. The molecule has 8 heteroatoms. The van der Waals surface area contributed by atoms with E-state index in [-0.39, 0.29) is 24.1 Å². The number of amides is 1. The van der Waals surface area contributed by atoms with Gasteiger partial charge in [0.1, 0.15) is 0 Å². The van der Waals surface area contributed by atoms with Crippen molar-refractivity contribution < 1.29 is 17.9 Å². The number of carbonyl (C=O) groups is 1. The van der Waals surface area contributed by atoms with Crippen molar-refractivity contribution >= 4 is 38.8 Å². The number of nitrogens with one attached hydrogen (secondary N) is 1. The second kappa shape index (κ2) is 9.04. The predicted octanol–water partition coefficient (Wildman–Crippen LogP) is 3.59. The Balaban J connectivity index is 2.34. The van der Waals surface area contributed by atoms with Crippen LogP contribution in [0.2, 0.25) is 5.02 Å². The summed E-state index contributed by atoms with van der Waals surface area (Å²) in [5, 5.41) is 3.17. The van der Waals surface area contributed by atoms with Gasteiger partial charge in [-0.15, -0.1) is 6.58 Å². The van der Waals surface area contributed by atoms with Gasteiger partial charge < -0.3 is 10.1 Å². The maximum Gasteiger partial charge on any atom is 0.270 e. The zero-order valence-electron chi connectivity index (χ0n) is 16.8. The predicted molar refractivity (Wildman–Crippen MR) is 120 cm³/mol. The minimum atomic E-state index is -4.16. The highest BCUT2D eigenvalue weighted by Gasteiger charge is 2.41. The zero-order chi connectivity index (χ0) is 21.9. The fourth-order valence-corrected chi connectivity index (χ4v) is 5.33. The van der Waals surface area contributed by atoms with Crippen molar-refractivity contribution in [2.45, 2.75) is 13.0 Å². The summed E-state index contributed by atoms with van der Waals surface area (Å²) in [6, 6.07) is 13.5. The first-order chi connectivity index (χ1) is 14.3. The first-order valence-electron chi connectivity index (χ1n) is 9.34. The summed E-state index contributed by atoms with van der Waals surface area (Å²) in [6.45, 7) is 5.67. The first-order valence-corrected chi connectivity index (χ1v) is 11.2. The van der Waals surface area contributed by atoms with E-state index in [0.29, 0.717) is 27.4 Å². The third-order valence-corrected chi connectivity index (χ3v) is 6.70. The van der Waals surface area contributed by atoms with Crippen LogP contribution in [0.25, 0.3) is 5.57 Å². The van der Waals surface area contributed by atoms with Crippen molar-refractivity contribution in [3.8, 4) is 0 Å². The van der Waals surface area contributed by atoms with Gasteiger partial charge in [-0.2, -0.15) is 0 Å². The number of anilines is 1. The highest BCUT2D eigenvalue weighted by molar-refractivity contribution is 7.97. The van der Waals surface area contributed by atoms with Gasteiger partial charge in [0.05, 0.1) is 18.8 Å². The van der Waals surface area contributed by atoms with Crippen molar-refractivity contribution in [1.82, 2.24) is 5.32 Å². The van der Waals surface area contributed by atoms with Crippen LogP contribution >= 0.6 is 11.6 Å². The number of hydrogen-bond donors (Lipinski definition) is 1. The van der Waals surface area contributed by atoms with Crippen LogP contribution in [0.5, 0.6) is 0 Å². The third-order valence-electron chi connectivity index (χ3n) is 4.63. The van der Waals surface area contributed by atoms with Crippen LogP contribution in [0.4, 0.5) is 5.69 Å². The average molecular weight is 447 g/mol. The molecule has 0 aromatic heterocycles. The summed E-state index contributed by atoms with van der Waals surface area (Å²) in [5.74, 6) is -0.696. The maximum absolute atomic E-state index is 13.6. The number of methoxy groups -OCH3 is 1. The van der Waals surface area contributed by atoms with Gasteiger partial charge in [-0.3, -0.25) is 9.10 Å². The van der Waals surface area contributed by atoms with E-state index in [1.807, 2.05) is 6.07 Å². The van der Waals surface area contributed by atoms with Crippen molar-refractivity contribution in [3.63, 3.8) is 0 Å². The molecule has 1 heterocycles. The molecule has 0 fully saturated rings. The van der Waals surface area contributed by atoms with Crippen LogP contribution in [0.15, 0.2) is 66.1 Å². The van der Waals surface area contributed by atoms with E-state index >= 15 is 0 Å². The lowest BCUT2D eigenvalue weighted by Crippen LogP contribution is -2.44. The van der Waals surface area contributed by atoms with Gasteiger partial charge in [0, 0.05) is 29.3 Å². The Morgan fingerprint density at radius 3 is 2.60 bits per heavy atom. The molecule has 1 unspecified atom stereocenters. The minimum Gasteiger partial charge on any atom is -0.383 e. The van der Waals surface area contributed by atoms with Crippen molar-refractivity contribution in [2.24, 2.45) is 0 Å².